The molecule has 0 bridgehead atoms. The Balaban J connectivity index is 2.04. The second-order valence-electron chi connectivity index (χ2n) is 6.60. The molecule has 1 aromatic rings. The van der Waals surface area contributed by atoms with Crippen molar-refractivity contribution < 1.29 is 19.4 Å². The number of aliphatic hydroxyl groups excluding tert-OH is 1. The molecule has 1 N–H and O–H groups in total. The molecule has 1 atom stereocenters. The van der Waals surface area contributed by atoms with Crippen LogP contribution in [0.3, 0.4) is 0 Å². The summed E-state index contributed by atoms with van der Waals surface area (Å²) in [5, 5.41) is 9.51. The summed E-state index contributed by atoms with van der Waals surface area (Å²) in [5.74, 6) is 0.208. The Morgan fingerprint density at radius 2 is 2.00 bits per heavy atom. The number of nitrogens with zero attached hydrogens (tertiary/aromatic N) is 2. The molecule has 138 valence electrons. The molecule has 6 nitrogen and oxygen atoms in total. The molecule has 0 radical (unpaired) electrons. The van der Waals surface area contributed by atoms with E-state index in [0.717, 1.165) is 12.8 Å². The zero-order chi connectivity index (χ0) is 18.7. The highest BCUT2D eigenvalue weighted by atomic mass is 16.5. The quantitative estimate of drug-likeness (QED) is 0.620. The lowest BCUT2D eigenvalue weighted by Crippen LogP contribution is -2.40. The molecule has 1 saturated heterocycles. The molecule has 26 heavy (non-hydrogen) atoms. The van der Waals surface area contributed by atoms with Crippen LogP contribution < -0.4 is 4.74 Å². The second-order valence-corrected chi connectivity index (χ2v) is 6.60. The highest BCUT2D eigenvalue weighted by molar-refractivity contribution is 6.35. The van der Waals surface area contributed by atoms with E-state index in [1.165, 1.54) is 4.90 Å². The average molecular weight is 356 g/mol. The first-order valence-electron chi connectivity index (χ1n) is 8.82. The predicted octanol–water partition coefficient (Wildman–Crippen LogP) is 1.67. The standard InChI is InChI=1S/C20H24N2O4/c1-3-10-22-19(24)17(15-6-8-16(26-2)9-7-15)18(20(22)25)21-11-4-5-14(12-21)13-23/h3,6-9,14,23H,1,4-5,10-13H2,2H3. The maximum absolute atomic E-state index is 13.0. The monoisotopic (exact) mass is 356 g/mol. The molecule has 1 fully saturated rings. The predicted molar refractivity (Wildman–Crippen MR) is 98.2 cm³/mol. The second kappa shape index (κ2) is 7.74. The maximum Gasteiger partial charge on any atom is 0.278 e. The minimum atomic E-state index is -0.304. The van der Waals surface area contributed by atoms with Crippen molar-refractivity contribution in [1.29, 1.82) is 0 Å². The zero-order valence-electron chi connectivity index (χ0n) is 15.0. The molecule has 6 heteroatoms. The van der Waals surface area contributed by atoms with E-state index in [1.54, 1.807) is 37.5 Å². The van der Waals surface area contributed by atoms with Crippen molar-refractivity contribution in [3.05, 3.63) is 48.2 Å². The van der Waals surface area contributed by atoms with Gasteiger partial charge in [0.2, 0.25) is 0 Å². The topological polar surface area (TPSA) is 70.1 Å². The van der Waals surface area contributed by atoms with Crippen molar-refractivity contribution in [3.63, 3.8) is 0 Å². The molecule has 1 aromatic carbocycles. The lowest BCUT2D eigenvalue weighted by Gasteiger charge is -2.34. The van der Waals surface area contributed by atoms with Gasteiger partial charge in [-0.05, 0) is 36.5 Å². The number of methoxy groups -OCH3 is 1. The molecule has 3 rings (SSSR count). The fraction of sp³-hybridized carbons (Fsp3) is 0.400. The van der Waals surface area contributed by atoms with Crippen molar-refractivity contribution in [3.8, 4) is 5.75 Å². The van der Waals surface area contributed by atoms with Crippen LogP contribution in [0.4, 0.5) is 0 Å². The number of carbonyl (C=O) groups is 2. The van der Waals surface area contributed by atoms with E-state index in [1.807, 2.05) is 4.90 Å². The molecule has 2 amide bonds. The SMILES string of the molecule is C=CCN1C(=O)C(c2ccc(OC)cc2)=C(N2CCCC(CO)C2)C1=O. The molecular weight excluding hydrogens is 332 g/mol. The summed E-state index contributed by atoms with van der Waals surface area (Å²) in [5.41, 5.74) is 1.54. The van der Waals surface area contributed by atoms with E-state index in [4.69, 9.17) is 4.74 Å². The number of amides is 2. The maximum atomic E-state index is 13.0. The van der Waals surface area contributed by atoms with Crippen LogP contribution in [0.1, 0.15) is 18.4 Å². The Bertz CT molecular complexity index is 739. The summed E-state index contributed by atoms with van der Waals surface area (Å²) in [6.07, 6.45) is 3.36. The van der Waals surface area contributed by atoms with Crippen LogP contribution in [0.5, 0.6) is 5.75 Å². The van der Waals surface area contributed by atoms with Gasteiger partial charge < -0.3 is 14.7 Å². The van der Waals surface area contributed by atoms with Gasteiger partial charge in [-0.25, -0.2) is 0 Å². The first kappa shape index (κ1) is 18.2. The highest BCUT2D eigenvalue weighted by Crippen LogP contribution is 2.34. The molecule has 2 aliphatic rings. The van der Waals surface area contributed by atoms with Gasteiger partial charge in [0.25, 0.3) is 11.8 Å². The van der Waals surface area contributed by atoms with Gasteiger partial charge in [-0.2, -0.15) is 0 Å². The largest absolute Gasteiger partial charge is 0.497 e. The Labute approximate surface area is 153 Å². The Hall–Kier alpha value is -2.60. The van der Waals surface area contributed by atoms with E-state index >= 15 is 0 Å². The number of piperidine rings is 1. The van der Waals surface area contributed by atoms with Crippen LogP contribution in [0.25, 0.3) is 5.57 Å². The number of hydrogen-bond donors (Lipinski definition) is 1. The average Bonchev–Trinajstić information content (AvgIpc) is 2.93. The molecule has 0 saturated carbocycles. The van der Waals surface area contributed by atoms with Gasteiger partial charge in [0.1, 0.15) is 11.4 Å². The van der Waals surface area contributed by atoms with Gasteiger partial charge in [-0.15, -0.1) is 6.58 Å². The highest BCUT2D eigenvalue weighted by Gasteiger charge is 2.41. The van der Waals surface area contributed by atoms with Gasteiger partial charge in [0, 0.05) is 26.2 Å². The number of rotatable bonds is 6. The molecule has 0 spiro atoms. The first-order chi connectivity index (χ1) is 12.6. The fourth-order valence-electron chi connectivity index (χ4n) is 3.59. The molecule has 0 aromatic heterocycles. The van der Waals surface area contributed by atoms with Crippen molar-refractivity contribution in [2.45, 2.75) is 12.8 Å². The number of ether oxygens (including phenoxy) is 1. The van der Waals surface area contributed by atoms with Crippen molar-refractivity contribution in [1.82, 2.24) is 9.80 Å². The Morgan fingerprint density at radius 3 is 2.62 bits per heavy atom. The summed E-state index contributed by atoms with van der Waals surface area (Å²) >= 11 is 0. The Kier molecular flexibility index (Phi) is 5.42. The zero-order valence-corrected chi connectivity index (χ0v) is 15.0. The van der Waals surface area contributed by atoms with E-state index in [2.05, 4.69) is 6.58 Å². The number of benzene rings is 1. The number of carbonyl (C=O) groups excluding carboxylic acids is 2. The third-order valence-electron chi connectivity index (χ3n) is 4.93. The van der Waals surface area contributed by atoms with Crippen LogP contribution >= 0.6 is 0 Å². The van der Waals surface area contributed by atoms with Crippen molar-refractivity contribution in [2.75, 3.05) is 33.4 Å². The van der Waals surface area contributed by atoms with Gasteiger partial charge in [-0.1, -0.05) is 18.2 Å². The van der Waals surface area contributed by atoms with E-state index < -0.39 is 0 Å². The van der Waals surface area contributed by atoms with Gasteiger partial charge in [0.05, 0.1) is 12.7 Å². The van der Waals surface area contributed by atoms with E-state index in [-0.39, 0.29) is 30.9 Å². The molecule has 2 aliphatic heterocycles. The molecular formula is C20H24N2O4. The van der Waals surface area contributed by atoms with Crippen LogP contribution in [0.2, 0.25) is 0 Å². The lowest BCUT2D eigenvalue weighted by molar-refractivity contribution is -0.137. The number of likely N-dealkylation sites (tertiary alicyclic amines) is 1. The van der Waals surface area contributed by atoms with Crippen LogP contribution in [-0.4, -0.2) is 60.1 Å². The normalized spacial score (nSPS) is 20.8. The number of hydrogen-bond acceptors (Lipinski definition) is 5. The van der Waals surface area contributed by atoms with Crippen LogP contribution in [-0.2, 0) is 9.59 Å². The minimum Gasteiger partial charge on any atom is -0.497 e. The van der Waals surface area contributed by atoms with Crippen molar-refractivity contribution in [2.24, 2.45) is 5.92 Å². The third kappa shape index (κ3) is 3.24. The van der Waals surface area contributed by atoms with Crippen LogP contribution in [0.15, 0.2) is 42.6 Å². The lowest BCUT2D eigenvalue weighted by atomic mass is 9.97. The summed E-state index contributed by atoms with van der Waals surface area (Å²) in [7, 11) is 1.58. The molecule has 1 unspecified atom stereocenters. The summed E-state index contributed by atoms with van der Waals surface area (Å²) in [4.78, 5) is 29.1. The first-order valence-corrected chi connectivity index (χ1v) is 8.82. The summed E-state index contributed by atoms with van der Waals surface area (Å²) in [6.45, 7) is 5.19. The van der Waals surface area contributed by atoms with Gasteiger partial charge >= 0.3 is 0 Å². The van der Waals surface area contributed by atoms with Gasteiger partial charge in [-0.3, -0.25) is 14.5 Å². The minimum absolute atomic E-state index is 0.0835. The number of aliphatic hydroxyl groups is 1. The van der Waals surface area contributed by atoms with Crippen LogP contribution in [0, 0.1) is 5.92 Å². The summed E-state index contributed by atoms with van der Waals surface area (Å²) in [6, 6.07) is 7.15. The number of imide groups is 1. The van der Waals surface area contributed by atoms with E-state index in [9.17, 15) is 14.7 Å². The van der Waals surface area contributed by atoms with Crippen molar-refractivity contribution >= 4 is 17.4 Å². The molecule has 2 heterocycles. The smallest absolute Gasteiger partial charge is 0.278 e. The Morgan fingerprint density at radius 1 is 1.27 bits per heavy atom. The van der Waals surface area contributed by atoms with E-state index in [0.29, 0.717) is 35.7 Å². The fourth-order valence-corrected chi connectivity index (χ4v) is 3.59. The van der Waals surface area contributed by atoms with Gasteiger partial charge in [0.15, 0.2) is 0 Å². The summed E-state index contributed by atoms with van der Waals surface area (Å²) < 4.78 is 5.18. The third-order valence-corrected chi connectivity index (χ3v) is 4.93. The molecule has 0 aliphatic carbocycles.